The Morgan fingerprint density at radius 2 is 1.73 bits per heavy atom. The molecule has 0 radical (unpaired) electrons. The lowest BCUT2D eigenvalue weighted by molar-refractivity contribution is -0.112. The van der Waals surface area contributed by atoms with Gasteiger partial charge in [-0.1, -0.05) is 24.3 Å². The zero-order valence-corrected chi connectivity index (χ0v) is 13.8. The van der Waals surface area contributed by atoms with Gasteiger partial charge in [-0.2, -0.15) is 5.26 Å². The molecule has 26 heavy (non-hydrogen) atoms. The Labute approximate surface area is 151 Å². The molecule has 0 aliphatic heterocycles. The number of hydrogen-bond donors (Lipinski definition) is 1. The summed E-state index contributed by atoms with van der Waals surface area (Å²) in [4.78, 5) is 16.2. The Hall–Kier alpha value is -3.91. The molecule has 0 saturated heterocycles. The van der Waals surface area contributed by atoms with Gasteiger partial charge in [-0.15, -0.1) is 0 Å². The van der Waals surface area contributed by atoms with Crippen molar-refractivity contribution in [3.63, 3.8) is 0 Å². The summed E-state index contributed by atoms with van der Waals surface area (Å²) in [5.74, 6) is 0.907. The van der Waals surface area contributed by atoms with E-state index in [4.69, 9.17) is 4.74 Å². The number of carbonyl (C=O) groups excluding carboxylic acids is 1. The van der Waals surface area contributed by atoms with Crippen LogP contribution in [0.2, 0.25) is 0 Å². The number of rotatable bonds is 5. The van der Waals surface area contributed by atoms with E-state index in [1.165, 1.54) is 6.08 Å². The van der Waals surface area contributed by atoms with Gasteiger partial charge in [-0.05, 0) is 54.1 Å². The van der Waals surface area contributed by atoms with E-state index in [9.17, 15) is 10.1 Å². The molecular formula is C21H15N3O2. The van der Waals surface area contributed by atoms with E-state index in [0.717, 1.165) is 5.75 Å². The van der Waals surface area contributed by atoms with Crippen molar-refractivity contribution in [2.75, 3.05) is 5.32 Å². The lowest BCUT2D eigenvalue weighted by Gasteiger charge is -2.08. The molecule has 0 spiro atoms. The van der Waals surface area contributed by atoms with Crippen molar-refractivity contribution in [1.29, 1.82) is 5.26 Å². The molecule has 1 amide bonds. The Morgan fingerprint density at radius 1 is 1.00 bits per heavy atom. The van der Waals surface area contributed by atoms with Crippen LogP contribution in [0.1, 0.15) is 5.56 Å². The smallest absolute Gasteiger partial charge is 0.266 e. The van der Waals surface area contributed by atoms with Crippen molar-refractivity contribution >= 4 is 17.7 Å². The van der Waals surface area contributed by atoms with E-state index in [-0.39, 0.29) is 5.57 Å². The summed E-state index contributed by atoms with van der Waals surface area (Å²) >= 11 is 0. The number of aromatic nitrogens is 1. The van der Waals surface area contributed by atoms with Crippen molar-refractivity contribution in [1.82, 2.24) is 4.98 Å². The van der Waals surface area contributed by atoms with Gasteiger partial charge in [0.1, 0.15) is 23.1 Å². The second-order valence-corrected chi connectivity index (χ2v) is 5.35. The molecule has 1 heterocycles. The first-order chi connectivity index (χ1) is 12.7. The standard InChI is InChI=1S/C21H15N3O2/c22-14-17(13-16-5-4-12-23-15-16)21(25)24-18-8-10-20(11-9-18)26-19-6-2-1-3-7-19/h1-13,15H,(H,24,25)/b17-13+. The maximum Gasteiger partial charge on any atom is 0.266 e. The summed E-state index contributed by atoms with van der Waals surface area (Å²) in [6.07, 6.45) is 4.71. The summed E-state index contributed by atoms with van der Waals surface area (Å²) in [7, 11) is 0. The zero-order chi connectivity index (χ0) is 18.2. The van der Waals surface area contributed by atoms with Crippen molar-refractivity contribution < 1.29 is 9.53 Å². The van der Waals surface area contributed by atoms with E-state index in [2.05, 4.69) is 10.3 Å². The van der Waals surface area contributed by atoms with Gasteiger partial charge in [0, 0.05) is 18.1 Å². The SMILES string of the molecule is N#C/C(=C\c1cccnc1)C(=O)Nc1ccc(Oc2ccccc2)cc1. The van der Waals surface area contributed by atoms with Gasteiger partial charge in [0.15, 0.2) is 0 Å². The molecular weight excluding hydrogens is 326 g/mol. The van der Waals surface area contributed by atoms with Crippen LogP contribution in [0.25, 0.3) is 6.08 Å². The molecule has 1 N–H and O–H groups in total. The molecule has 3 aromatic rings. The molecule has 0 bridgehead atoms. The van der Waals surface area contributed by atoms with Crippen LogP contribution >= 0.6 is 0 Å². The Bertz CT molecular complexity index is 944. The Balaban J connectivity index is 1.67. The number of nitrogens with zero attached hydrogens (tertiary/aromatic N) is 2. The summed E-state index contributed by atoms with van der Waals surface area (Å²) in [5.41, 5.74) is 1.26. The number of anilines is 1. The minimum Gasteiger partial charge on any atom is -0.457 e. The first-order valence-corrected chi connectivity index (χ1v) is 7.91. The number of pyridine rings is 1. The van der Waals surface area contributed by atoms with Crippen LogP contribution in [-0.2, 0) is 4.79 Å². The minimum absolute atomic E-state index is 0.00242. The topological polar surface area (TPSA) is 75.0 Å². The number of hydrogen-bond acceptors (Lipinski definition) is 4. The van der Waals surface area contributed by atoms with Crippen LogP contribution in [0.5, 0.6) is 11.5 Å². The number of ether oxygens (including phenoxy) is 1. The van der Waals surface area contributed by atoms with Gasteiger partial charge in [-0.3, -0.25) is 9.78 Å². The monoisotopic (exact) mass is 341 g/mol. The molecule has 126 valence electrons. The second kappa shape index (κ2) is 8.27. The van der Waals surface area contributed by atoms with E-state index in [1.807, 2.05) is 36.4 Å². The maximum absolute atomic E-state index is 12.3. The molecule has 5 heteroatoms. The molecule has 0 atom stereocenters. The lowest BCUT2D eigenvalue weighted by Crippen LogP contribution is -2.13. The molecule has 0 unspecified atom stereocenters. The molecule has 1 aromatic heterocycles. The van der Waals surface area contributed by atoms with Gasteiger partial charge < -0.3 is 10.1 Å². The van der Waals surface area contributed by atoms with Crippen LogP contribution in [0.4, 0.5) is 5.69 Å². The highest BCUT2D eigenvalue weighted by Gasteiger charge is 2.09. The fraction of sp³-hybridized carbons (Fsp3) is 0. The molecule has 2 aromatic carbocycles. The second-order valence-electron chi connectivity index (χ2n) is 5.35. The molecule has 0 fully saturated rings. The highest BCUT2D eigenvalue weighted by atomic mass is 16.5. The van der Waals surface area contributed by atoms with E-state index >= 15 is 0 Å². The third-order valence-electron chi connectivity index (χ3n) is 3.45. The number of benzene rings is 2. The number of nitriles is 1. The summed E-state index contributed by atoms with van der Waals surface area (Å²) in [5, 5.41) is 11.9. The summed E-state index contributed by atoms with van der Waals surface area (Å²) in [6, 6.07) is 21.8. The Morgan fingerprint density at radius 3 is 2.38 bits per heavy atom. The van der Waals surface area contributed by atoms with E-state index in [0.29, 0.717) is 17.0 Å². The van der Waals surface area contributed by atoms with Crippen LogP contribution in [0.3, 0.4) is 0 Å². The van der Waals surface area contributed by atoms with Crippen LogP contribution in [0, 0.1) is 11.3 Å². The number of para-hydroxylation sites is 1. The molecule has 5 nitrogen and oxygen atoms in total. The lowest BCUT2D eigenvalue weighted by atomic mass is 10.1. The fourth-order valence-electron chi connectivity index (χ4n) is 2.21. The first-order valence-electron chi connectivity index (χ1n) is 7.91. The highest BCUT2D eigenvalue weighted by Crippen LogP contribution is 2.22. The first kappa shape index (κ1) is 16.9. The fourth-order valence-corrected chi connectivity index (χ4v) is 2.21. The van der Waals surface area contributed by atoms with Crippen LogP contribution < -0.4 is 10.1 Å². The van der Waals surface area contributed by atoms with E-state index in [1.54, 1.807) is 48.8 Å². The normalized spacial score (nSPS) is 10.7. The summed E-state index contributed by atoms with van der Waals surface area (Å²) in [6.45, 7) is 0. The van der Waals surface area contributed by atoms with Crippen molar-refractivity contribution in [3.8, 4) is 17.6 Å². The maximum atomic E-state index is 12.3. The largest absolute Gasteiger partial charge is 0.457 e. The minimum atomic E-state index is -0.479. The molecule has 0 aliphatic rings. The average Bonchev–Trinajstić information content (AvgIpc) is 2.69. The van der Waals surface area contributed by atoms with Crippen LogP contribution in [-0.4, -0.2) is 10.9 Å². The predicted molar refractivity (Wildman–Crippen MR) is 99.4 cm³/mol. The van der Waals surface area contributed by atoms with Crippen LogP contribution in [0.15, 0.2) is 84.7 Å². The highest BCUT2D eigenvalue weighted by molar-refractivity contribution is 6.09. The van der Waals surface area contributed by atoms with Gasteiger partial charge in [-0.25, -0.2) is 0 Å². The van der Waals surface area contributed by atoms with Gasteiger partial charge >= 0.3 is 0 Å². The predicted octanol–water partition coefficient (Wildman–Crippen LogP) is 4.42. The zero-order valence-electron chi connectivity index (χ0n) is 13.8. The molecule has 0 saturated carbocycles. The van der Waals surface area contributed by atoms with Gasteiger partial charge in [0.05, 0.1) is 0 Å². The molecule has 0 aliphatic carbocycles. The van der Waals surface area contributed by atoms with Gasteiger partial charge in [0.2, 0.25) is 0 Å². The van der Waals surface area contributed by atoms with Crippen molar-refractivity contribution in [2.24, 2.45) is 0 Å². The number of amides is 1. The summed E-state index contributed by atoms with van der Waals surface area (Å²) < 4.78 is 5.70. The third-order valence-corrected chi connectivity index (χ3v) is 3.45. The molecule has 3 rings (SSSR count). The number of carbonyl (C=O) groups is 1. The van der Waals surface area contributed by atoms with E-state index < -0.39 is 5.91 Å². The quantitative estimate of drug-likeness (QED) is 0.550. The number of nitrogens with one attached hydrogen (secondary N) is 1. The van der Waals surface area contributed by atoms with Gasteiger partial charge in [0.25, 0.3) is 5.91 Å². The third kappa shape index (κ3) is 4.56. The van der Waals surface area contributed by atoms with Crippen molar-refractivity contribution in [2.45, 2.75) is 0 Å². The van der Waals surface area contributed by atoms with Crippen molar-refractivity contribution in [3.05, 3.63) is 90.3 Å². The average molecular weight is 341 g/mol. The Kier molecular flexibility index (Phi) is 5.38.